The molecule has 5 heteroatoms. The van der Waals surface area contributed by atoms with E-state index in [0.717, 1.165) is 36.3 Å². The van der Waals surface area contributed by atoms with Crippen molar-refractivity contribution in [1.29, 1.82) is 0 Å². The number of fused-ring (bicyclic) bond motifs is 1. The highest BCUT2D eigenvalue weighted by atomic mass is 16.5. The Labute approximate surface area is 112 Å². The van der Waals surface area contributed by atoms with Crippen LogP contribution >= 0.6 is 0 Å². The summed E-state index contributed by atoms with van der Waals surface area (Å²) in [5.74, 6) is 0.649. The first-order chi connectivity index (χ1) is 9.22. The third kappa shape index (κ3) is 2.98. The Hall–Kier alpha value is -1.75. The summed E-state index contributed by atoms with van der Waals surface area (Å²) in [6.07, 6.45) is 2.62. The van der Waals surface area contributed by atoms with Crippen molar-refractivity contribution in [3.05, 3.63) is 18.2 Å². The molecule has 0 unspecified atom stereocenters. The molecule has 0 bridgehead atoms. The van der Waals surface area contributed by atoms with E-state index in [-0.39, 0.29) is 12.5 Å². The zero-order chi connectivity index (χ0) is 13.2. The molecule has 2 aliphatic rings. The van der Waals surface area contributed by atoms with Crippen molar-refractivity contribution in [2.45, 2.75) is 18.9 Å². The lowest BCUT2D eigenvalue weighted by molar-refractivity contribution is -0.118. The molecule has 1 aromatic carbocycles. The molecule has 0 saturated heterocycles. The van der Waals surface area contributed by atoms with Gasteiger partial charge >= 0.3 is 0 Å². The molecule has 1 aliphatic carbocycles. The molecule has 0 aromatic heterocycles. The predicted molar refractivity (Wildman–Crippen MR) is 74.9 cm³/mol. The minimum atomic E-state index is -0.0947. The first-order valence-corrected chi connectivity index (χ1v) is 6.73. The Morgan fingerprint density at radius 3 is 3.11 bits per heavy atom. The predicted octanol–water partition coefficient (Wildman–Crippen LogP) is 1.21. The fourth-order valence-electron chi connectivity index (χ4n) is 2.16. The number of carbonyl (C=O) groups excluding carboxylic acids is 1. The summed E-state index contributed by atoms with van der Waals surface area (Å²) < 4.78 is 5.35. The van der Waals surface area contributed by atoms with Crippen LogP contribution in [0.15, 0.2) is 18.2 Å². The van der Waals surface area contributed by atoms with Crippen LogP contribution in [-0.2, 0) is 4.79 Å². The Morgan fingerprint density at radius 2 is 2.32 bits per heavy atom. The van der Waals surface area contributed by atoms with E-state index in [1.165, 1.54) is 12.8 Å². The Bertz CT molecular complexity index is 486. The van der Waals surface area contributed by atoms with Crippen LogP contribution < -0.4 is 20.3 Å². The van der Waals surface area contributed by atoms with E-state index in [4.69, 9.17) is 4.74 Å². The van der Waals surface area contributed by atoms with Crippen LogP contribution in [0, 0.1) is 0 Å². The van der Waals surface area contributed by atoms with Gasteiger partial charge in [0.2, 0.25) is 0 Å². The first-order valence-electron chi connectivity index (χ1n) is 6.73. The van der Waals surface area contributed by atoms with Crippen molar-refractivity contribution in [2.75, 3.05) is 37.0 Å². The lowest BCUT2D eigenvalue weighted by Gasteiger charge is -2.23. The molecule has 3 rings (SSSR count). The number of carbonyl (C=O) groups is 1. The normalized spacial score (nSPS) is 17.4. The SMILES string of the molecule is CN(CCNC1CC1)c1ccc2c(c1)NC(=O)CO2. The van der Waals surface area contributed by atoms with Gasteiger partial charge in [0.25, 0.3) is 5.91 Å². The number of hydrogen-bond donors (Lipinski definition) is 2. The van der Waals surface area contributed by atoms with E-state index < -0.39 is 0 Å². The van der Waals surface area contributed by atoms with Gasteiger partial charge in [-0.25, -0.2) is 0 Å². The minimum Gasteiger partial charge on any atom is -0.482 e. The fraction of sp³-hybridized carbons (Fsp3) is 0.500. The summed E-state index contributed by atoms with van der Waals surface area (Å²) in [5, 5.41) is 6.32. The van der Waals surface area contributed by atoms with Gasteiger partial charge < -0.3 is 20.3 Å². The molecule has 1 saturated carbocycles. The lowest BCUT2D eigenvalue weighted by atomic mass is 10.2. The van der Waals surface area contributed by atoms with E-state index in [1.54, 1.807) is 0 Å². The second kappa shape index (κ2) is 5.09. The minimum absolute atomic E-state index is 0.0947. The molecule has 0 spiro atoms. The van der Waals surface area contributed by atoms with Gasteiger partial charge in [0.05, 0.1) is 5.69 Å². The standard InChI is InChI=1S/C14H19N3O2/c1-17(7-6-15-10-2-3-10)11-4-5-13-12(8-11)16-14(18)9-19-13/h4-5,8,10,15H,2-3,6-7,9H2,1H3,(H,16,18). The maximum atomic E-state index is 11.3. The van der Waals surface area contributed by atoms with E-state index in [2.05, 4.69) is 22.6 Å². The third-order valence-electron chi connectivity index (χ3n) is 3.49. The number of amides is 1. The quantitative estimate of drug-likeness (QED) is 0.836. The van der Waals surface area contributed by atoms with Crippen molar-refractivity contribution in [2.24, 2.45) is 0 Å². The Morgan fingerprint density at radius 1 is 1.47 bits per heavy atom. The molecular formula is C14H19N3O2. The molecule has 2 N–H and O–H groups in total. The van der Waals surface area contributed by atoms with Crippen molar-refractivity contribution >= 4 is 17.3 Å². The molecule has 5 nitrogen and oxygen atoms in total. The molecule has 1 amide bonds. The number of anilines is 2. The Kier molecular flexibility index (Phi) is 3.29. The number of nitrogens with one attached hydrogen (secondary N) is 2. The summed E-state index contributed by atoms with van der Waals surface area (Å²) in [7, 11) is 2.06. The molecule has 1 heterocycles. The van der Waals surface area contributed by atoms with Crippen LogP contribution in [0.1, 0.15) is 12.8 Å². The van der Waals surface area contributed by atoms with Crippen molar-refractivity contribution in [3.63, 3.8) is 0 Å². The monoisotopic (exact) mass is 261 g/mol. The molecule has 102 valence electrons. The molecule has 1 aliphatic heterocycles. The number of likely N-dealkylation sites (N-methyl/N-ethyl adjacent to an activating group) is 1. The van der Waals surface area contributed by atoms with Gasteiger partial charge in [0, 0.05) is 31.9 Å². The number of ether oxygens (including phenoxy) is 1. The van der Waals surface area contributed by atoms with Crippen LogP contribution in [-0.4, -0.2) is 38.7 Å². The molecular weight excluding hydrogens is 242 g/mol. The van der Waals surface area contributed by atoms with Gasteiger partial charge in [-0.05, 0) is 31.0 Å². The fourth-order valence-corrected chi connectivity index (χ4v) is 2.16. The number of benzene rings is 1. The average Bonchev–Trinajstić information content (AvgIpc) is 3.22. The highest BCUT2D eigenvalue weighted by Crippen LogP contribution is 2.31. The van der Waals surface area contributed by atoms with E-state index in [0.29, 0.717) is 0 Å². The van der Waals surface area contributed by atoms with Gasteiger partial charge in [-0.15, -0.1) is 0 Å². The average molecular weight is 261 g/mol. The second-order valence-electron chi connectivity index (χ2n) is 5.17. The number of nitrogens with zero attached hydrogens (tertiary/aromatic N) is 1. The van der Waals surface area contributed by atoms with Gasteiger partial charge in [0.15, 0.2) is 6.61 Å². The van der Waals surface area contributed by atoms with Crippen LogP contribution in [0.5, 0.6) is 5.75 Å². The smallest absolute Gasteiger partial charge is 0.262 e. The van der Waals surface area contributed by atoms with Crippen LogP contribution in [0.3, 0.4) is 0 Å². The van der Waals surface area contributed by atoms with E-state index in [1.807, 2.05) is 18.2 Å². The van der Waals surface area contributed by atoms with Crippen LogP contribution in [0.4, 0.5) is 11.4 Å². The zero-order valence-corrected chi connectivity index (χ0v) is 11.1. The van der Waals surface area contributed by atoms with E-state index >= 15 is 0 Å². The van der Waals surface area contributed by atoms with Crippen molar-refractivity contribution in [3.8, 4) is 5.75 Å². The zero-order valence-electron chi connectivity index (χ0n) is 11.1. The summed E-state index contributed by atoms with van der Waals surface area (Å²) in [6.45, 7) is 2.04. The maximum absolute atomic E-state index is 11.3. The summed E-state index contributed by atoms with van der Waals surface area (Å²) >= 11 is 0. The lowest BCUT2D eigenvalue weighted by Crippen LogP contribution is -2.30. The highest BCUT2D eigenvalue weighted by Gasteiger charge is 2.20. The highest BCUT2D eigenvalue weighted by molar-refractivity contribution is 5.96. The van der Waals surface area contributed by atoms with Gasteiger partial charge in [-0.2, -0.15) is 0 Å². The van der Waals surface area contributed by atoms with Gasteiger partial charge in [-0.3, -0.25) is 4.79 Å². The number of hydrogen-bond acceptors (Lipinski definition) is 4. The molecule has 1 aromatic rings. The molecule has 1 fully saturated rings. The third-order valence-corrected chi connectivity index (χ3v) is 3.49. The van der Waals surface area contributed by atoms with Crippen LogP contribution in [0.2, 0.25) is 0 Å². The topological polar surface area (TPSA) is 53.6 Å². The largest absolute Gasteiger partial charge is 0.482 e. The van der Waals surface area contributed by atoms with Crippen molar-refractivity contribution < 1.29 is 9.53 Å². The summed E-state index contributed by atoms with van der Waals surface area (Å²) in [6, 6.07) is 6.64. The van der Waals surface area contributed by atoms with Crippen molar-refractivity contribution in [1.82, 2.24) is 5.32 Å². The summed E-state index contributed by atoms with van der Waals surface area (Å²) in [5.41, 5.74) is 1.85. The molecule has 0 atom stereocenters. The van der Waals surface area contributed by atoms with Crippen LogP contribution in [0.25, 0.3) is 0 Å². The Balaban J connectivity index is 1.62. The summed E-state index contributed by atoms with van der Waals surface area (Å²) in [4.78, 5) is 13.5. The first kappa shape index (κ1) is 12.3. The van der Waals surface area contributed by atoms with Gasteiger partial charge in [0.1, 0.15) is 5.75 Å². The maximum Gasteiger partial charge on any atom is 0.262 e. The second-order valence-corrected chi connectivity index (χ2v) is 5.17. The molecule has 19 heavy (non-hydrogen) atoms. The molecule has 0 radical (unpaired) electrons. The van der Waals surface area contributed by atoms with Gasteiger partial charge in [-0.1, -0.05) is 0 Å². The van der Waals surface area contributed by atoms with E-state index in [9.17, 15) is 4.79 Å². The number of rotatable bonds is 5.